The number of aromatic amines is 1. The van der Waals surface area contributed by atoms with Crippen LogP contribution in [0.3, 0.4) is 0 Å². The average Bonchev–Trinajstić information content (AvgIpc) is 2.68. The quantitative estimate of drug-likeness (QED) is 0.780. The zero-order valence-electron chi connectivity index (χ0n) is 7.77. The van der Waals surface area contributed by atoms with Crippen molar-refractivity contribution in [2.75, 3.05) is 5.75 Å². The number of H-pyrrole nitrogens is 1. The van der Waals surface area contributed by atoms with E-state index in [1.54, 1.807) is 24.2 Å². The zero-order chi connectivity index (χ0) is 9.80. The van der Waals surface area contributed by atoms with E-state index >= 15 is 0 Å². The van der Waals surface area contributed by atoms with E-state index in [-0.39, 0.29) is 0 Å². The van der Waals surface area contributed by atoms with Crippen molar-refractivity contribution in [3.05, 3.63) is 24.5 Å². The molecule has 1 N–H and O–H groups in total. The maximum Gasteiger partial charge on any atom is 0.208 e. The Balaban J connectivity index is 2.25. The minimum Gasteiger partial charge on any atom is -0.265 e. The van der Waals surface area contributed by atoms with Crippen molar-refractivity contribution >= 4 is 11.8 Å². The molecule has 0 atom stereocenters. The average molecular weight is 206 g/mol. The van der Waals surface area contributed by atoms with Gasteiger partial charge in [-0.05, 0) is 17.9 Å². The third kappa shape index (κ3) is 1.93. The van der Waals surface area contributed by atoms with Crippen molar-refractivity contribution in [1.29, 1.82) is 0 Å². The maximum absolute atomic E-state index is 4.34. The van der Waals surface area contributed by atoms with Gasteiger partial charge in [-0.25, -0.2) is 4.98 Å². The lowest BCUT2D eigenvalue weighted by molar-refractivity contribution is 0.974. The molecule has 0 aromatic carbocycles. The van der Waals surface area contributed by atoms with E-state index in [9.17, 15) is 0 Å². The van der Waals surface area contributed by atoms with Gasteiger partial charge in [0.2, 0.25) is 5.16 Å². The first-order valence-electron chi connectivity index (χ1n) is 4.35. The molecule has 0 bridgehead atoms. The van der Waals surface area contributed by atoms with Gasteiger partial charge in [0.1, 0.15) is 0 Å². The lowest BCUT2D eigenvalue weighted by Crippen LogP contribution is -1.80. The Morgan fingerprint density at radius 3 is 2.86 bits per heavy atom. The van der Waals surface area contributed by atoms with Gasteiger partial charge < -0.3 is 0 Å². The topological polar surface area (TPSA) is 54.5 Å². The molecule has 2 heterocycles. The number of rotatable bonds is 3. The number of nitrogens with zero attached hydrogens (tertiary/aromatic N) is 3. The first-order chi connectivity index (χ1) is 6.90. The Labute approximate surface area is 86.2 Å². The van der Waals surface area contributed by atoms with Gasteiger partial charge in [0.25, 0.3) is 0 Å². The largest absolute Gasteiger partial charge is 0.265 e. The van der Waals surface area contributed by atoms with Crippen molar-refractivity contribution < 1.29 is 0 Å². The Bertz CT molecular complexity index is 398. The number of hydrogen-bond acceptors (Lipinski definition) is 4. The molecular formula is C9H10N4S. The van der Waals surface area contributed by atoms with E-state index in [1.165, 1.54) is 0 Å². The summed E-state index contributed by atoms with van der Waals surface area (Å²) < 4.78 is 0. The van der Waals surface area contributed by atoms with Crippen LogP contribution in [0.5, 0.6) is 0 Å². The maximum atomic E-state index is 4.34. The van der Waals surface area contributed by atoms with E-state index in [2.05, 4.69) is 27.1 Å². The Morgan fingerprint density at radius 2 is 2.14 bits per heavy atom. The van der Waals surface area contributed by atoms with Gasteiger partial charge in [-0.1, -0.05) is 18.7 Å². The Morgan fingerprint density at radius 1 is 1.36 bits per heavy atom. The van der Waals surface area contributed by atoms with Crippen LogP contribution in [0.15, 0.2) is 29.7 Å². The Hall–Kier alpha value is -1.36. The molecule has 0 aliphatic carbocycles. The second kappa shape index (κ2) is 4.23. The van der Waals surface area contributed by atoms with Crippen LogP contribution in [0.25, 0.3) is 11.4 Å². The summed E-state index contributed by atoms with van der Waals surface area (Å²) in [5.41, 5.74) is 1.01. The van der Waals surface area contributed by atoms with E-state index in [1.807, 2.05) is 12.1 Å². The molecule has 2 aromatic heterocycles. The van der Waals surface area contributed by atoms with E-state index < -0.39 is 0 Å². The molecule has 0 radical (unpaired) electrons. The fraction of sp³-hybridized carbons (Fsp3) is 0.222. The van der Waals surface area contributed by atoms with Gasteiger partial charge >= 0.3 is 0 Å². The highest BCUT2D eigenvalue weighted by atomic mass is 32.2. The summed E-state index contributed by atoms with van der Waals surface area (Å²) >= 11 is 1.62. The van der Waals surface area contributed by atoms with Crippen LogP contribution in [-0.4, -0.2) is 25.9 Å². The fourth-order valence-electron chi connectivity index (χ4n) is 1.08. The van der Waals surface area contributed by atoms with Gasteiger partial charge in [-0.15, -0.1) is 5.10 Å². The number of hydrogen-bond donors (Lipinski definition) is 1. The number of nitrogens with one attached hydrogen (secondary N) is 1. The van der Waals surface area contributed by atoms with Crippen LogP contribution < -0.4 is 0 Å². The number of aromatic nitrogens is 4. The van der Waals surface area contributed by atoms with E-state index in [0.29, 0.717) is 0 Å². The molecule has 0 aliphatic heterocycles. The van der Waals surface area contributed by atoms with Crippen molar-refractivity contribution in [3.63, 3.8) is 0 Å². The summed E-state index contributed by atoms with van der Waals surface area (Å²) in [5.74, 6) is 1.77. The van der Waals surface area contributed by atoms with Crippen LogP contribution >= 0.6 is 11.8 Å². The summed E-state index contributed by atoms with van der Waals surface area (Å²) in [4.78, 5) is 8.29. The second-order valence-corrected chi connectivity index (χ2v) is 3.87. The van der Waals surface area contributed by atoms with Gasteiger partial charge in [0.05, 0.1) is 0 Å². The number of thioether (sulfide) groups is 1. The Kier molecular flexibility index (Phi) is 2.78. The summed E-state index contributed by atoms with van der Waals surface area (Å²) in [6.45, 7) is 2.08. The molecule has 0 fully saturated rings. The summed E-state index contributed by atoms with van der Waals surface area (Å²) in [7, 11) is 0. The van der Waals surface area contributed by atoms with E-state index in [4.69, 9.17) is 0 Å². The molecule has 72 valence electrons. The van der Waals surface area contributed by atoms with Gasteiger partial charge in [0, 0.05) is 18.0 Å². The molecule has 0 saturated carbocycles. The molecular weight excluding hydrogens is 196 g/mol. The zero-order valence-corrected chi connectivity index (χ0v) is 8.58. The molecule has 0 saturated heterocycles. The summed E-state index contributed by atoms with van der Waals surface area (Å²) in [6, 6.07) is 3.81. The van der Waals surface area contributed by atoms with Gasteiger partial charge in [-0.2, -0.15) is 0 Å². The monoisotopic (exact) mass is 206 g/mol. The van der Waals surface area contributed by atoms with Crippen molar-refractivity contribution in [3.8, 4) is 11.4 Å². The number of pyridine rings is 1. The smallest absolute Gasteiger partial charge is 0.208 e. The fourth-order valence-corrected chi connectivity index (χ4v) is 1.60. The molecule has 2 aromatic rings. The van der Waals surface area contributed by atoms with Crippen LogP contribution in [0, 0.1) is 0 Å². The minimum atomic E-state index is 0.791. The highest BCUT2D eigenvalue weighted by molar-refractivity contribution is 7.99. The van der Waals surface area contributed by atoms with Gasteiger partial charge in [-0.3, -0.25) is 10.1 Å². The van der Waals surface area contributed by atoms with Crippen molar-refractivity contribution in [2.45, 2.75) is 12.1 Å². The normalized spacial score (nSPS) is 10.4. The molecule has 0 aliphatic rings. The first kappa shape index (κ1) is 9.21. The second-order valence-electron chi connectivity index (χ2n) is 2.64. The first-order valence-corrected chi connectivity index (χ1v) is 5.34. The SMILES string of the molecule is CCSc1n[nH]c(-c2ccncc2)n1. The van der Waals surface area contributed by atoms with Crippen LogP contribution in [0.4, 0.5) is 0 Å². The van der Waals surface area contributed by atoms with Crippen LogP contribution in [0.1, 0.15) is 6.92 Å². The lowest BCUT2D eigenvalue weighted by Gasteiger charge is -1.92. The third-order valence-corrected chi connectivity index (χ3v) is 2.42. The predicted molar refractivity (Wildman–Crippen MR) is 56.0 cm³/mol. The third-order valence-electron chi connectivity index (χ3n) is 1.69. The summed E-state index contributed by atoms with van der Waals surface area (Å²) in [6.07, 6.45) is 3.48. The molecule has 2 rings (SSSR count). The van der Waals surface area contributed by atoms with Crippen molar-refractivity contribution in [1.82, 2.24) is 20.2 Å². The molecule has 0 amide bonds. The molecule has 4 nitrogen and oxygen atoms in total. The van der Waals surface area contributed by atoms with E-state index in [0.717, 1.165) is 22.3 Å². The standard InChI is InChI=1S/C9H10N4S/c1-2-14-9-11-8(12-13-9)7-3-5-10-6-4-7/h3-6H,2H2,1H3,(H,11,12,13). The predicted octanol–water partition coefficient (Wildman–Crippen LogP) is 1.98. The highest BCUT2D eigenvalue weighted by Crippen LogP contribution is 2.17. The van der Waals surface area contributed by atoms with Crippen LogP contribution in [-0.2, 0) is 0 Å². The molecule has 14 heavy (non-hydrogen) atoms. The van der Waals surface area contributed by atoms with Crippen molar-refractivity contribution in [2.24, 2.45) is 0 Å². The highest BCUT2D eigenvalue weighted by Gasteiger charge is 2.03. The van der Waals surface area contributed by atoms with Crippen LogP contribution in [0.2, 0.25) is 0 Å². The molecule has 0 spiro atoms. The summed E-state index contributed by atoms with van der Waals surface area (Å²) in [5, 5.41) is 7.78. The minimum absolute atomic E-state index is 0.791. The molecule has 5 heteroatoms. The molecule has 0 unspecified atom stereocenters. The van der Waals surface area contributed by atoms with Gasteiger partial charge in [0.15, 0.2) is 5.82 Å². The lowest BCUT2D eigenvalue weighted by atomic mass is 10.3.